The van der Waals surface area contributed by atoms with Crippen LogP contribution in [0.2, 0.25) is 0 Å². The number of benzene rings is 2. The lowest BCUT2D eigenvalue weighted by Crippen LogP contribution is -2.03. The highest BCUT2D eigenvalue weighted by Gasteiger charge is 2.18. The molecular weight excluding hydrogens is 360 g/mol. The van der Waals surface area contributed by atoms with Gasteiger partial charge in [0.05, 0.1) is 45.1 Å². The molecule has 1 N–H and O–H groups in total. The normalized spacial score (nSPS) is 10.8. The third kappa shape index (κ3) is 3.78. The summed E-state index contributed by atoms with van der Waals surface area (Å²) in [6.45, 7) is 7.35. The Morgan fingerprint density at radius 3 is 1.86 bits per heavy atom. The molecule has 0 aliphatic rings. The number of nitrogens with one attached hydrogen (secondary N) is 1. The van der Waals surface area contributed by atoms with Gasteiger partial charge < -0.3 is 28.7 Å². The molecule has 3 aromatic rings. The molecule has 0 saturated carbocycles. The van der Waals surface area contributed by atoms with E-state index in [0.29, 0.717) is 54.4 Å². The Kier molecular flexibility index (Phi) is 6.13. The molecule has 0 aliphatic heterocycles. The monoisotopic (exact) mass is 386 g/mol. The first-order chi connectivity index (χ1) is 13.6. The first kappa shape index (κ1) is 19.7. The van der Waals surface area contributed by atoms with E-state index in [1.165, 1.54) is 0 Å². The number of aromatic amines is 1. The van der Waals surface area contributed by atoms with E-state index in [1.807, 2.05) is 45.0 Å². The van der Waals surface area contributed by atoms with Crippen molar-refractivity contribution in [3.05, 3.63) is 24.3 Å². The van der Waals surface area contributed by atoms with Gasteiger partial charge in [-0.15, -0.1) is 0 Å². The van der Waals surface area contributed by atoms with Crippen LogP contribution in [0.15, 0.2) is 24.3 Å². The van der Waals surface area contributed by atoms with Gasteiger partial charge >= 0.3 is 0 Å². The Labute approximate surface area is 164 Å². The van der Waals surface area contributed by atoms with Gasteiger partial charge in [0.2, 0.25) is 5.75 Å². The van der Waals surface area contributed by atoms with E-state index in [2.05, 4.69) is 4.98 Å². The van der Waals surface area contributed by atoms with Gasteiger partial charge in [0.1, 0.15) is 5.82 Å². The SMILES string of the molecule is CCOc1cc(-c2nc3cc(OC)c(OC)cc3[nH]2)cc(OCC)c1OCC. The van der Waals surface area contributed by atoms with Crippen molar-refractivity contribution < 1.29 is 23.7 Å². The molecule has 2 aromatic carbocycles. The highest BCUT2D eigenvalue weighted by atomic mass is 16.5. The molecule has 3 rings (SSSR count). The maximum atomic E-state index is 5.80. The molecule has 1 aromatic heterocycles. The molecular formula is C21H26N2O5. The van der Waals surface area contributed by atoms with Crippen LogP contribution in [0.25, 0.3) is 22.4 Å². The maximum Gasteiger partial charge on any atom is 0.203 e. The van der Waals surface area contributed by atoms with E-state index in [0.717, 1.165) is 16.6 Å². The number of hydrogen-bond acceptors (Lipinski definition) is 6. The number of imidazole rings is 1. The van der Waals surface area contributed by atoms with Crippen molar-refractivity contribution in [1.82, 2.24) is 9.97 Å². The molecule has 0 aliphatic carbocycles. The quantitative estimate of drug-likeness (QED) is 0.586. The summed E-state index contributed by atoms with van der Waals surface area (Å²) in [7, 11) is 3.21. The van der Waals surface area contributed by atoms with E-state index in [1.54, 1.807) is 14.2 Å². The van der Waals surface area contributed by atoms with Crippen LogP contribution in [0, 0.1) is 0 Å². The van der Waals surface area contributed by atoms with E-state index in [9.17, 15) is 0 Å². The lowest BCUT2D eigenvalue weighted by molar-refractivity contribution is 0.261. The Balaban J connectivity index is 2.13. The lowest BCUT2D eigenvalue weighted by Gasteiger charge is -2.16. The molecule has 28 heavy (non-hydrogen) atoms. The molecule has 7 heteroatoms. The maximum absolute atomic E-state index is 5.80. The largest absolute Gasteiger partial charge is 0.493 e. The smallest absolute Gasteiger partial charge is 0.203 e. The van der Waals surface area contributed by atoms with Gasteiger partial charge in [0, 0.05) is 17.7 Å². The number of methoxy groups -OCH3 is 2. The fourth-order valence-corrected chi connectivity index (χ4v) is 3.00. The number of fused-ring (bicyclic) bond motifs is 1. The number of H-pyrrole nitrogens is 1. The zero-order valence-electron chi connectivity index (χ0n) is 16.9. The number of rotatable bonds is 9. The van der Waals surface area contributed by atoms with Gasteiger partial charge in [-0.25, -0.2) is 4.98 Å². The average molecular weight is 386 g/mol. The zero-order valence-corrected chi connectivity index (χ0v) is 16.9. The number of aromatic nitrogens is 2. The van der Waals surface area contributed by atoms with Crippen molar-refractivity contribution in [2.75, 3.05) is 34.0 Å². The van der Waals surface area contributed by atoms with E-state index >= 15 is 0 Å². The average Bonchev–Trinajstić information content (AvgIpc) is 3.12. The summed E-state index contributed by atoms with van der Waals surface area (Å²) >= 11 is 0. The molecule has 0 bridgehead atoms. The number of ether oxygens (including phenoxy) is 5. The summed E-state index contributed by atoms with van der Waals surface area (Å²) < 4.78 is 28.1. The van der Waals surface area contributed by atoms with Crippen LogP contribution in [0.5, 0.6) is 28.7 Å². The van der Waals surface area contributed by atoms with Crippen LogP contribution in [0.3, 0.4) is 0 Å². The molecule has 150 valence electrons. The predicted octanol–water partition coefficient (Wildman–Crippen LogP) is 4.44. The topological polar surface area (TPSA) is 74.8 Å². The second-order valence-corrected chi connectivity index (χ2v) is 5.91. The molecule has 7 nitrogen and oxygen atoms in total. The second-order valence-electron chi connectivity index (χ2n) is 5.91. The van der Waals surface area contributed by atoms with Gasteiger partial charge in [-0.2, -0.15) is 0 Å². The number of hydrogen-bond donors (Lipinski definition) is 1. The Morgan fingerprint density at radius 1 is 0.750 bits per heavy atom. The van der Waals surface area contributed by atoms with Gasteiger partial charge in [0.25, 0.3) is 0 Å². The van der Waals surface area contributed by atoms with Gasteiger partial charge in [-0.3, -0.25) is 0 Å². The van der Waals surface area contributed by atoms with Crippen molar-refractivity contribution in [2.45, 2.75) is 20.8 Å². The van der Waals surface area contributed by atoms with Gasteiger partial charge in [0.15, 0.2) is 23.0 Å². The van der Waals surface area contributed by atoms with Crippen molar-refractivity contribution in [2.24, 2.45) is 0 Å². The minimum absolute atomic E-state index is 0.517. The van der Waals surface area contributed by atoms with Crippen LogP contribution < -0.4 is 23.7 Å². The first-order valence-electron chi connectivity index (χ1n) is 9.33. The highest BCUT2D eigenvalue weighted by Crippen LogP contribution is 2.42. The first-order valence-corrected chi connectivity index (χ1v) is 9.33. The summed E-state index contributed by atoms with van der Waals surface area (Å²) in [6.07, 6.45) is 0. The van der Waals surface area contributed by atoms with Crippen molar-refractivity contribution >= 4 is 11.0 Å². The van der Waals surface area contributed by atoms with Crippen molar-refractivity contribution in [3.8, 4) is 40.1 Å². The molecule has 0 unspecified atom stereocenters. The van der Waals surface area contributed by atoms with Crippen molar-refractivity contribution in [1.29, 1.82) is 0 Å². The molecule has 0 saturated heterocycles. The summed E-state index contributed by atoms with van der Waals surface area (Å²) in [5.41, 5.74) is 2.46. The Hall–Kier alpha value is -3.09. The van der Waals surface area contributed by atoms with Crippen LogP contribution in [0.1, 0.15) is 20.8 Å². The minimum atomic E-state index is 0.517. The fraction of sp³-hybridized carbons (Fsp3) is 0.381. The second kappa shape index (κ2) is 8.73. The minimum Gasteiger partial charge on any atom is -0.493 e. The van der Waals surface area contributed by atoms with E-state index in [4.69, 9.17) is 28.7 Å². The highest BCUT2D eigenvalue weighted by molar-refractivity contribution is 5.83. The van der Waals surface area contributed by atoms with Crippen LogP contribution >= 0.6 is 0 Å². The Bertz CT molecular complexity index is 883. The zero-order chi connectivity index (χ0) is 20.1. The van der Waals surface area contributed by atoms with Gasteiger partial charge in [-0.05, 0) is 32.9 Å². The van der Waals surface area contributed by atoms with Gasteiger partial charge in [-0.1, -0.05) is 0 Å². The standard InChI is InChI=1S/C21H26N2O5/c1-6-26-18-9-13(10-19(27-7-2)20(18)28-8-3)21-22-14-11-16(24-4)17(25-5)12-15(14)23-21/h9-12H,6-8H2,1-5H3,(H,22,23). The summed E-state index contributed by atoms with van der Waals surface area (Å²) in [6, 6.07) is 7.52. The molecule has 0 fully saturated rings. The third-order valence-electron chi connectivity index (χ3n) is 4.17. The third-order valence-corrected chi connectivity index (χ3v) is 4.17. The summed E-state index contributed by atoms with van der Waals surface area (Å²) in [5, 5.41) is 0. The summed E-state index contributed by atoms with van der Waals surface area (Å²) in [5.74, 6) is 3.82. The Morgan fingerprint density at radius 2 is 1.32 bits per heavy atom. The van der Waals surface area contributed by atoms with E-state index < -0.39 is 0 Å². The predicted molar refractivity (Wildman–Crippen MR) is 108 cm³/mol. The van der Waals surface area contributed by atoms with E-state index in [-0.39, 0.29) is 0 Å². The fourth-order valence-electron chi connectivity index (χ4n) is 3.00. The lowest BCUT2D eigenvalue weighted by atomic mass is 10.1. The molecule has 0 amide bonds. The van der Waals surface area contributed by atoms with Crippen LogP contribution in [-0.4, -0.2) is 44.0 Å². The molecule has 0 spiro atoms. The molecule has 1 heterocycles. The number of nitrogens with zero attached hydrogens (tertiary/aromatic N) is 1. The molecule has 0 atom stereocenters. The molecule has 0 radical (unpaired) electrons. The summed E-state index contributed by atoms with van der Waals surface area (Å²) in [4.78, 5) is 8.03. The van der Waals surface area contributed by atoms with Crippen LogP contribution in [0.4, 0.5) is 0 Å². The van der Waals surface area contributed by atoms with Crippen LogP contribution in [-0.2, 0) is 0 Å². The van der Waals surface area contributed by atoms with Crippen molar-refractivity contribution in [3.63, 3.8) is 0 Å².